The predicted molar refractivity (Wildman–Crippen MR) is 92.0 cm³/mol. The zero-order valence-electron chi connectivity index (χ0n) is 14.0. The van der Waals surface area contributed by atoms with Gasteiger partial charge in [0.15, 0.2) is 0 Å². The molecule has 0 bridgehead atoms. The molecule has 24 heavy (non-hydrogen) atoms. The number of hydrogen-bond acceptors (Lipinski definition) is 3. The maximum atomic E-state index is 12.8. The number of hydrogen-bond donors (Lipinski definition) is 0. The van der Waals surface area contributed by atoms with E-state index < -0.39 is 0 Å². The van der Waals surface area contributed by atoms with E-state index in [9.17, 15) is 9.18 Å². The topological polar surface area (TPSA) is 34.5 Å². The van der Waals surface area contributed by atoms with E-state index in [2.05, 4.69) is 11.0 Å². The van der Waals surface area contributed by atoms with E-state index in [4.69, 9.17) is 4.74 Å². The molecule has 0 aliphatic carbocycles. The van der Waals surface area contributed by atoms with Crippen LogP contribution in [0.4, 0.5) is 4.39 Å². The molecular formula is C19H23FN2O2. The second-order valence-electron chi connectivity index (χ2n) is 6.33. The Morgan fingerprint density at radius 1 is 1.17 bits per heavy atom. The average Bonchev–Trinajstić information content (AvgIpc) is 2.60. The van der Waals surface area contributed by atoms with Crippen molar-refractivity contribution in [3.05, 3.63) is 64.3 Å². The van der Waals surface area contributed by atoms with Crippen molar-refractivity contribution in [2.75, 3.05) is 26.2 Å². The molecule has 1 aliphatic rings. The van der Waals surface area contributed by atoms with Crippen LogP contribution in [0.15, 0.2) is 47.4 Å². The highest BCUT2D eigenvalue weighted by atomic mass is 19.1. The fourth-order valence-corrected chi connectivity index (χ4v) is 3.13. The molecule has 128 valence electrons. The smallest absolute Gasteiger partial charge is 0.250 e. The van der Waals surface area contributed by atoms with Crippen molar-refractivity contribution in [1.29, 1.82) is 0 Å². The molecule has 0 N–H and O–H groups in total. The van der Waals surface area contributed by atoms with Gasteiger partial charge in [-0.05, 0) is 67.7 Å². The molecule has 1 aromatic carbocycles. The van der Waals surface area contributed by atoms with Gasteiger partial charge in [0.05, 0.1) is 0 Å². The van der Waals surface area contributed by atoms with Crippen LogP contribution in [0, 0.1) is 5.82 Å². The molecule has 2 aromatic rings. The van der Waals surface area contributed by atoms with Gasteiger partial charge in [-0.15, -0.1) is 0 Å². The molecule has 0 radical (unpaired) electrons. The van der Waals surface area contributed by atoms with Crippen LogP contribution in [0.5, 0.6) is 5.75 Å². The monoisotopic (exact) mass is 330 g/mol. The number of halogens is 1. The van der Waals surface area contributed by atoms with Gasteiger partial charge in [0.2, 0.25) is 0 Å². The highest BCUT2D eigenvalue weighted by Crippen LogP contribution is 2.26. The highest BCUT2D eigenvalue weighted by Gasteiger charge is 2.20. The molecule has 4 nitrogen and oxygen atoms in total. The van der Waals surface area contributed by atoms with Gasteiger partial charge in [-0.2, -0.15) is 0 Å². The first-order valence-corrected chi connectivity index (χ1v) is 8.39. The number of rotatable bonds is 5. The summed E-state index contributed by atoms with van der Waals surface area (Å²) in [5.74, 6) is 0.916. The van der Waals surface area contributed by atoms with Crippen LogP contribution in [0.3, 0.4) is 0 Å². The van der Waals surface area contributed by atoms with Crippen LogP contribution < -0.4 is 10.3 Å². The fraction of sp³-hybridized carbons (Fsp3) is 0.421. The van der Waals surface area contributed by atoms with E-state index in [0.717, 1.165) is 38.0 Å². The molecule has 0 saturated carbocycles. The summed E-state index contributed by atoms with van der Waals surface area (Å²) in [4.78, 5) is 14.1. The molecule has 1 aliphatic heterocycles. The van der Waals surface area contributed by atoms with E-state index in [1.165, 1.54) is 12.1 Å². The van der Waals surface area contributed by atoms with Gasteiger partial charge in [-0.3, -0.25) is 9.69 Å². The lowest BCUT2D eigenvalue weighted by atomic mass is 9.90. The summed E-state index contributed by atoms with van der Waals surface area (Å²) >= 11 is 0. The summed E-state index contributed by atoms with van der Waals surface area (Å²) in [6.07, 6.45) is 3.97. The molecule has 1 aromatic heterocycles. The van der Waals surface area contributed by atoms with Gasteiger partial charge in [-0.25, -0.2) is 4.39 Å². The minimum Gasteiger partial charge on any atom is -0.492 e. The van der Waals surface area contributed by atoms with Crippen LogP contribution in [0.2, 0.25) is 0 Å². The van der Waals surface area contributed by atoms with Crippen LogP contribution >= 0.6 is 0 Å². The fourth-order valence-electron chi connectivity index (χ4n) is 3.13. The number of aryl methyl sites for hydroxylation is 1. The summed E-state index contributed by atoms with van der Waals surface area (Å²) < 4.78 is 20.1. The lowest BCUT2D eigenvalue weighted by Gasteiger charge is -2.32. The highest BCUT2D eigenvalue weighted by molar-refractivity contribution is 5.22. The summed E-state index contributed by atoms with van der Waals surface area (Å²) in [5, 5.41) is 0. The van der Waals surface area contributed by atoms with Gasteiger partial charge in [0.25, 0.3) is 5.56 Å². The first kappa shape index (κ1) is 16.7. The van der Waals surface area contributed by atoms with Crippen molar-refractivity contribution in [3.8, 4) is 5.75 Å². The standard InChI is InChI=1S/C19H23FN2O2/c1-21-9-6-16(14-19(21)23)15-7-10-22(11-8-15)12-13-24-18-4-2-17(20)3-5-18/h2-6,9,14-15H,7-8,10-13H2,1H3. The Balaban J connectivity index is 1.44. The number of nitrogens with zero attached hydrogens (tertiary/aromatic N) is 2. The van der Waals surface area contributed by atoms with Gasteiger partial charge in [-0.1, -0.05) is 0 Å². The molecule has 1 saturated heterocycles. The largest absolute Gasteiger partial charge is 0.492 e. The summed E-state index contributed by atoms with van der Waals surface area (Å²) in [5.41, 5.74) is 1.21. The number of aromatic nitrogens is 1. The molecule has 0 amide bonds. The van der Waals surface area contributed by atoms with Gasteiger partial charge < -0.3 is 9.30 Å². The van der Waals surface area contributed by atoms with E-state index in [1.54, 1.807) is 29.8 Å². The van der Waals surface area contributed by atoms with Crippen molar-refractivity contribution in [2.45, 2.75) is 18.8 Å². The molecule has 2 heterocycles. The Morgan fingerprint density at radius 3 is 2.54 bits per heavy atom. The Morgan fingerprint density at radius 2 is 1.88 bits per heavy atom. The first-order valence-electron chi connectivity index (χ1n) is 8.39. The van der Waals surface area contributed by atoms with Gasteiger partial charge >= 0.3 is 0 Å². The molecular weight excluding hydrogens is 307 g/mol. The van der Waals surface area contributed by atoms with Crippen LogP contribution in [0.25, 0.3) is 0 Å². The Bertz CT molecular complexity index is 719. The average molecular weight is 330 g/mol. The zero-order chi connectivity index (χ0) is 16.9. The predicted octanol–water partition coefficient (Wildman–Crippen LogP) is 2.78. The maximum Gasteiger partial charge on any atom is 0.250 e. The van der Waals surface area contributed by atoms with Crippen molar-refractivity contribution < 1.29 is 9.13 Å². The van der Waals surface area contributed by atoms with E-state index >= 15 is 0 Å². The third-order valence-corrected chi connectivity index (χ3v) is 4.68. The number of piperidine rings is 1. The quantitative estimate of drug-likeness (QED) is 0.845. The maximum absolute atomic E-state index is 12.8. The van der Waals surface area contributed by atoms with E-state index in [-0.39, 0.29) is 11.4 Å². The van der Waals surface area contributed by atoms with Crippen LogP contribution in [-0.4, -0.2) is 35.7 Å². The molecule has 0 atom stereocenters. The second kappa shape index (κ2) is 7.62. The molecule has 1 fully saturated rings. The van der Waals surface area contributed by atoms with Crippen molar-refractivity contribution in [3.63, 3.8) is 0 Å². The van der Waals surface area contributed by atoms with Crippen LogP contribution in [-0.2, 0) is 7.05 Å². The molecule has 0 spiro atoms. The third kappa shape index (κ3) is 4.23. The van der Waals surface area contributed by atoms with Crippen molar-refractivity contribution in [1.82, 2.24) is 9.47 Å². The summed E-state index contributed by atoms with van der Waals surface area (Å²) in [6, 6.07) is 9.93. The molecule has 0 unspecified atom stereocenters. The lowest BCUT2D eigenvalue weighted by Crippen LogP contribution is -2.36. The molecule has 5 heteroatoms. The van der Waals surface area contributed by atoms with E-state index in [0.29, 0.717) is 18.3 Å². The second-order valence-corrected chi connectivity index (χ2v) is 6.33. The SMILES string of the molecule is Cn1ccc(C2CCN(CCOc3ccc(F)cc3)CC2)cc1=O. The third-order valence-electron chi connectivity index (χ3n) is 4.68. The van der Waals surface area contributed by atoms with Gasteiger partial charge in [0.1, 0.15) is 18.2 Å². The number of pyridine rings is 1. The van der Waals surface area contributed by atoms with Crippen LogP contribution in [0.1, 0.15) is 24.3 Å². The van der Waals surface area contributed by atoms with Gasteiger partial charge in [0, 0.05) is 25.9 Å². The minimum absolute atomic E-state index is 0.0580. The zero-order valence-corrected chi connectivity index (χ0v) is 14.0. The normalized spacial score (nSPS) is 16.2. The lowest BCUT2D eigenvalue weighted by molar-refractivity contribution is 0.173. The number of benzene rings is 1. The Labute approximate surface area is 141 Å². The number of ether oxygens (including phenoxy) is 1. The Hall–Kier alpha value is -2.14. The van der Waals surface area contributed by atoms with Crippen molar-refractivity contribution >= 4 is 0 Å². The number of likely N-dealkylation sites (tertiary alicyclic amines) is 1. The first-order chi connectivity index (χ1) is 11.6. The Kier molecular flexibility index (Phi) is 5.30. The molecule has 3 rings (SSSR count). The minimum atomic E-state index is -0.250. The summed E-state index contributed by atoms with van der Waals surface area (Å²) in [7, 11) is 1.77. The summed E-state index contributed by atoms with van der Waals surface area (Å²) in [6.45, 7) is 3.47. The van der Waals surface area contributed by atoms with E-state index in [1.807, 2.05) is 6.20 Å². The van der Waals surface area contributed by atoms with Crippen molar-refractivity contribution in [2.24, 2.45) is 7.05 Å².